The average molecular weight is 316 g/mol. The second-order valence-electron chi connectivity index (χ2n) is 4.33. The highest BCUT2D eigenvalue weighted by Crippen LogP contribution is 2.15. The van der Waals surface area contributed by atoms with Gasteiger partial charge in [0.1, 0.15) is 5.82 Å². The van der Waals surface area contributed by atoms with Gasteiger partial charge in [-0.2, -0.15) is 5.26 Å². The Balaban J connectivity index is 2.11. The minimum atomic E-state index is 0.688. The van der Waals surface area contributed by atoms with E-state index in [0.29, 0.717) is 5.56 Å². The molecule has 0 saturated heterocycles. The zero-order valence-corrected chi connectivity index (χ0v) is 12.3. The zero-order valence-electron chi connectivity index (χ0n) is 10.7. The summed E-state index contributed by atoms with van der Waals surface area (Å²) >= 11 is 3.40. The molecule has 0 unspecified atom stereocenters. The molecule has 0 aliphatic carbocycles. The smallest absolute Gasteiger partial charge is 0.128 e. The molecule has 0 bridgehead atoms. The predicted octanol–water partition coefficient (Wildman–Crippen LogP) is 3.48. The van der Waals surface area contributed by atoms with E-state index in [1.165, 1.54) is 0 Å². The Kier molecular flexibility index (Phi) is 4.53. The van der Waals surface area contributed by atoms with Crippen LogP contribution >= 0.6 is 15.9 Å². The summed E-state index contributed by atoms with van der Waals surface area (Å²) in [6, 6.07) is 13.9. The van der Waals surface area contributed by atoms with Crippen molar-refractivity contribution in [3.05, 3.63) is 59.3 Å². The third-order valence-electron chi connectivity index (χ3n) is 2.83. The number of hydrogen-bond donors (Lipinski definition) is 0. The lowest BCUT2D eigenvalue weighted by Gasteiger charge is -2.18. The first-order valence-electron chi connectivity index (χ1n) is 5.94. The average Bonchev–Trinajstić information content (AvgIpc) is 2.47. The number of aromatic nitrogens is 1. The van der Waals surface area contributed by atoms with E-state index in [2.05, 4.69) is 37.9 Å². The van der Waals surface area contributed by atoms with Crippen LogP contribution in [-0.2, 0) is 11.9 Å². The van der Waals surface area contributed by atoms with Gasteiger partial charge in [0.05, 0.1) is 11.6 Å². The summed E-state index contributed by atoms with van der Waals surface area (Å²) in [5, 5.41) is 9.70. The summed E-state index contributed by atoms with van der Waals surface area (Å²) < 4.78 is 0. The Morgan fingerprint density at radius 2 is 2.11 bits per heavy atom. The van der Waals surface area contributed by atoms with Crippen molar-refractivity contribution in [2.45, 2.75) is 11.9 Å². The molecule has 1 aromatic heterocycles. The van der Waals surface area contributed by atoms with Gasteiger partial charge in [-0.1, -0.05) is 34.1 Å². The monoisotopic (exact) mass is 315 g/mol. The fourth-order valence-corrected chi connectivity index (χ4v) is 2.15. The van der Waals surface area contributed by atoms with Crippen LogP contribution in [0, 0.1) is 11.3 Å². The number of anilines is 1. The first-order chi connectivity index (χ1) is 9.22. The fourth-order valence-electron chi connectivity index (χ4n) is 1.82. The topological polar surface area (TPSA) is 39.9 Å². The minimum absolute atomic E-state index is 0.688. The highest BCUT2D eigenvalue weighted by atomic mass is 79.9. The second-order valence-corrected chi connectivity index (χ2v) is 4.89. The van der Waals surface area contributed by atoms with Gasteiger partial charge in [0.2, 0.25) is 0 Å². The van der Waals surface area contributed by atoms with Crippen molar-refractivity contribution in [3.8, 4) is 6.07 Å². The van der Waals surface area contributed by atoms with Crippen LogP contribution in [0.25, 0.3) is 0 Å². The largest absolute Gasteiger partial charge is 0.355 e. The number of hydrogen-bond acceptors (Lipinski definition) is 3. The second kappa shape index (κ2) is 6.35. The van der Waals surface area contributed by atoms with Gasteiger partial charge in [0, 0.05) is 25.1 Å². The molecule has 1 heterocycles. The van der Waals surface area contributed by atoms with Gasteiger partial charge >= 0.3 is 0 Å². The summed E-state index contributed by atoms with van der Waals surface area (Å²) in [4.78, 5) is 6.48. The lowest BCUT2D eigenvalue weighted by Crippen LogP contribution is -2.17. The van der Waals surface area contributed by atoms with E-state index in [4.69, 9.17) is 5.26 Å². The first-order valence-corrected chi connectivity index (χ1v) is 7.06. The normalized spacial score (nSPS) is 9.95. The SMILES string of the molecule is CN(Cc1cccc(C#N)c1)c1ccc(CBr)cn1. The lowest BCUT2D eigenvalue weighted by molar-refractivity contribution is 0.896. The van der Waals surface area contributed by atoms with Crippen molar-refractivity contribution in [2.75, 3.05) is 11.9 Å². The van der Waals surface area contributed by atoms with Gasteiger partial charge in [-0.3, -0.25) is 0 Å². The Labute approximate surface area is 121 Å². The summed E-state index contributed by atoms with van der Waals surface area (Å²) in [5.74, 6) is 0.923. The Morgan fingerprint density at radius 1 is 1.26 bits per heavy atom. The molecule has 0 saturated carbocycles. The molecule has 0 spiro atoms. The van der Waals surface area contributed by atoms with Crippen LogP contribution in [0.1, 0.15) is 16.7 Å². The summed E-state index contributed by atoms with van der Waals surface area (Å²) in [5.41, 5.74) is 2.95. The van der Waals surface area contributed by atoms with Crippen molar-refractivity contribution in [2.24, 2.45) is 0 Å². The fraction of sp³-hybridized carbons (Fsp3) is 0.200. The zero-order chi connectivity index (χ0) is 13.7. The number of benzene rings is 1. The maximum absolute atomic E-state index is 8.89. The molecule has 0 amide bonds. The Hall–Kier alpha value is -1.86. The van der Waals surface area contributed by atoms with Crippen LogP contribution in [0.15, 0.2) is 42.6 Å². The predicted molar refractivity (Wildman–Crippen MR) is 80.1 cm³/mol. The molecule has 0 fully saturated rings. The molecule has 0 atom stereocenters. The number of nitriles is 1. The quantitative estimate of drug-likeness (QED) is 0.811. The number of pyridine rings is 1. The van der Waals surface area contributed by atoms with Crippen LogP contribution in [0.3, 0.4) is 0 Å². The van der Waals surface area contributed by atoms with Gasteiger partial charge in [-0.25, -0.2) is 4.98 Å². The third-order valence-corrected chi connectivity index (χ3v) is 3.48. The Morgan fingerprint density at radius 3 is 2.74 bits per heavy atom. The maximum Gasteiger partial charge on any atom is 0.128 e. The van der Waals surface area contributed by atoms with Gasteiger partial charge in [-0.15, -0.1) is 0 Å². The molecule has 0 radical (unpaired) electrons. The Bertz CT molecular complexity index is 587. The van der Waals surface area contributed by atoms with E-state index in [9.17, 15) is 0 Å². The molecule has 0 aliphatic heterocycles. The lowest BCUT2D eigenvalue weighted by atomic mass is 10.1. The third kappa shape index (κ3) is 3.55. The van der Waals surface area contributed by atoms with Crippen LogP contribution in [-0.4, -0.2) is 12.0 Å². The van der Waals surface area contributed by atoms with E-state index in [1.54, 1.807) is 0 Å². The van der Waals surface area contributed by atoms with Gasteiger partial charge in [0.25, 0.3) is 0 Å². The van der Waals surface area contributed by atoms with Crippen molar-refractivity contribution in [1.29, 1.82) is 5.26 Å². The molecule has 3 nitrogen and oxygen atoms in total. The van der Waals surface area contributed by atoms with E-state index in [0.717, 1.165) is 28.8 Å². The van der Waals surface area contributed by atoms with E-state index < -0.39 is 0 Å². The molecular weight excluding hydrogens is 302 g/mol. The van der Waals surface area contributed by atoms with Gasteiger partial charge in [-0.05, 0) is 29.3 Å². The maximum atomic E-state index is 8.89. The molecular formula is C15H14BrN3. The molecule has 0 N–H and O–H groups in total. The molecule has 4 heteroatoms. The highest BCUT2D eigenvalue weighted by Gasteiger charge is 2.04. The van der Waals surface area contributed by atoms with Gasteiger partial charge in [0.15, 0.2) is 0 Å². The first kappa shape index (κ1) is 13.6. The molecule has 2 rings (SSSR count). The number of halogens is 1. The highest BCUT2D eigenvalue weighted by molar-refractivity contribution is 9.08. The van der Waals surface area contributed by atoms with Crippen molar-refractivity contribution in [3.63, 3.8) is 0 Å². The minimum Gasteiger partial charge on any atom is -0.355 e. The van der Waals surface area contributed by atoms with Crippen LogP contribution < -0.4 is 4.90 Å². The molecule has 19 heavy (non-hydrogen) atoms. The van der Waals surface area contributed by atoms with E-state index in [-0.39, 0.29) is 0 Å². The number of rotatable bonds is 4. The van der Waals surface area contributed by atoms with Crippen LogP contribution in [0.2, 0.25) is 0 Å². The van der Waals surface area contributed by atoms with Crippen LogP contribution in [0.5, 0.6) is 0 Å². The van der Waals surface area contributed by atoms with Crippen molar-refractivity contribution < 1.29 is 0 Å². The van der Waals surface area contributed by atoms with Crippen molar-refractivity contribution in [1.82, 2.24) is 4.98 Å². The molecule has 96 valence electrons. The summed E-state index contributed by atoms with van der Waals surface area (Å²) in [7, 11) is 2.00. The van der Waals surface area contributed by atoms with E-state index >= 15 is 0 Å². The summed E-state index contributed by atoms with van der Waals surface area (Å²) in [6.07, 6.45) is 1.87. The van der Waals surface area contributed by atoms with Crippen molar-refractivity contribution >= 4 is 21.7 Å². The standard InChI is InChI=1S/C15H14BrN3/c1-19(15-6-5-14(8-16)10-18-15)11-13-4-2-3-12(7-13)9-17/h2-7,10H,8,11H2,1H3. The molecule has 1 aromatic carbocycles. The number of alkyl halides is 1. The van der Waals surface area contributed by atoms with Crippen LogP contribution in [0.4, 0.5) is 5.82 Å². The molecule has 0 aliphatic rings. The summed E-state index contributed by atoms with van der Waals surface area (Å²) in [6.45, 7) is 0.732. The number of nitrogens with zero attached hydrogens (tertiary/aromatic N) is 3. The molecule has 2 aromatic rings. The van der Waals surface area contributed by atoms with Gasteiger partial charge < -0.3 is 4.90 Å². The van der Waals surface area contributed by atoms with E-state index in [1.807, 2.05) is 43.6 Å².